The van der Waals surface area contributed by atoms with Gasteiger partial charge in [-0.25, -0.2) is 19.9 Å². The van der Waals surface area contributed by atoms with Crippen molar-refractivity contribution in [3.05, 3.63) is 169 Å². The van der Waals surface area contributed by atoms with Crippen molar-refractivity contribution in [1.29, 1.82) is 0 Å². The summed E-state index contributed by atoms with van der Waals surface area (Å²) >= 11 is 0. The van der Waals surface area contributed by atoms with E-state index in [1.54, 1.807) is 19.3 Å². The lowest BCUT2D eigenvalue weighted by atomic mass is 10.1. The van der Waals surface area contributed by atoms with Crippen molar-refractivity contribution in [3.8, 4) is 46.0 Å². The normalized spacial score (nSPS) is 12.6. The molecule has 8 nitrogen and oxygen atoms in total. The van der Waals surface area contributed by atoms with Gasteiger partial charge in [0.05, 0.1) is 22.1 Å². The van der Waals surface area contributed by atoms with E-state index in [-0.39, 0.29) is 5.56 Å². The monoisotopic (exact) mass is 703 g/mol. The number of para-hydroxylation sites is 2. The summed E-state index contributed by atoms with van der Waals surface area (Å²) in [7, 11) is 0. The summed E-state index contributed by atoms with van der Waals surface area (Å²) in [5.41, 5.74) is 5.01. The fraction of sp³-hybridized carbons (Fsp3) is 0.0435. The van der Waals surface area contributed by atoms with Crippen molar-refractivity contribution < 1.29 is 13.6 Å². The number of aryl methyl sites for hydroxylation is 2. The minimum absolute atomic E-state index is 0.100. The van der Waals surface area contributed by atoms with E-state index in [1.807, 2.05) is 103 Å². The zero-order valence-electron chi connectivity index (χ0n) is 32.0. The number of rotatable bonds is 7. The topological polar surface area (TPSA) is 79.9 Å². The van der Waals surface area contributed by atoms with Gasteiger partial charge in [-0.05, 0) is 92.1 Å². The summed E-state index contributed by atoms with van der Waals surface area (Å²) in [5, 5.41) is 4.35. The van der Waals surface area contributed by atoms with E-state index < -0.39 is 6.85 Å². The van der Waals surface area contributed by atoms with E-state index in [1.165, 1.54) is 6.20 Å². The van der Waals surface area contributed by atoms with E-state index in [9.17, 15) is 0 Å². The van der Waals surface area contributed by atoms with Crippen molar-refractivity contribution in [1.82, 2.24) is 29.1 Å². The van der Waals surface area contributed by atoms with Crippen LogP contribution in [0.15, 0.2) is 158 Å². The molecule has 0 unspecified atom stereocenters. The molecule has 0 saturated heterocycles. The zero-order valence-corrected chi connectivity index (χ0v) is 29.0. The number of pyridine rings is 2. The Labute approximate surface area is 314 Å². The first kappa shape index (κ1) is 28.3. The van der Waals surface area contributed by atoms with E-state index in [0.717, 1.165) is 55.2 Å². The molecule has 0 aliphatic carbocycles. The average Bonchev–Trinajstić information content (AvgIpc) is 3.73. The quantitative estimate of drug-likeness (QED) is 0.164. The Morgan fingerprint density at radius 1 is 0.500 bits per heavy atom. The van der Waals surface area contributed by atoms with Crippen LogP contribution < -0.4 is 9.47 Å². The molecule has 10 aromatic rings. The lowest BCUT2D eigenvalue weighted by Gasteiger charge is -2.13. The average molecular weight is 704 g/mol. The van der Waals surface area contributed by atoms with Crippen LogP contribution in [0.4, 0.5) is 0 Å². The third-order valence-electron chi connectivity index (χ3n) is 9.64. The second-order valence-electron chi connectivity index (χ2n) is 13.0. The Bertz CT molecular complexity index is 2960. The SMILES string of the molecule is [2H]C([2H])([2H])c1cnc(-c2cc(Oc3ccc4c5ccccc5n(-c5ccccn5)c4c3)cc(Oc3ccc4c5ccccc5n(-c5ccccn5)c4c3)c2)nc1C. The molecule has 0 N–H and O–H groups in total. The second-order valence-corrected chi connectivity index (χ2v) is 13.0. The maximum atomic E-state index is 7.93. The molecule has 54 heavy (non-hydrogen) atoms. The van der Waals surface area contributed by atoms with Crippen molar-refractivity contribution in [3.63, 3.8) is 0 Å². The van der Waals surface area contributed by atoms with Crippen LogP contribution in [0, 0.1) is 13.8 Å². The number of hydrogen-bond acceptors (Lipinski definition) is 6. The highest BCUT2D eigenvalue weighted by Gasteiger charge is 2.17. The second kappa shape index (κ2) is 12.7. The minimum Gasteiger partial charge on any atom is -0.457 e. The van der Waals surface area contributed by atoms with Gasteiger partial charge in [0, 0.05) is 73.7 Å². The molecule has 10 rings (SSSR count). The summed E-state index contributed by atoms with van der Waals surface area (Å²) in [4.78, 5) is 18.4. The first-order valence-electron chi connectivity index (χ1n) is 19.0. The third-order valence-corrected chi connectivity index (χ3v) is 9.64. The summed E-state index contributed by atoms with van der Waals surface area (Å²) in [6.07, 6.45) is 4.94. The van der Waals surface area contributed by atoms with Gasteiger partial charge in [-0.3, -0.25) is 9.13 Å². The largest absolute Gasteiger partial charge is 0.457 e. The molecular weight excluding hydrogens is 669 g/mol. The molecule has 8 heteroatoms. The highest BCUT2D eigenvalue weighted by Crippen LogP contribution is 2.39. The Kier molecular flexibility index (Phi) is 6.66. The molecule has 0 aliphatic heterocycles. The molecule has 0 spiro atoms. The Hall–Kier alpha value is -7.32. The van der Waals surface area contributed by atoms with Gasteiger partial charge in [0.25, 0.3) is 0 Å². The molecule has 0 saturated carbocycles. The molecule has 5 aromatic heterocycles. The third kappa shape index (κ3) is 5.40. The summed E-state index contributed by atoms with van der Waals surface area (Å²) in [5.74, 6) is 4.09. The van der Waals surface area contributed by atoms with Crippen LogP contribution in [0.5, 0.6) is 23.0 Å². The van der Waals surface area contributed by atoms with Crippen LogP contribution >= 0.6 is 0 Å². The predicted molar refractivity (Wildman–Crippen MR) is 214 cm³/mol. The molecule has 258 valence electrons. The van der Waals surface area contributed by atoms with Crippen LogP contribution in [0.2, 0.25) is 0 Å². The van der Waals surface area contributed by atoms with Crippen LogP contribution in [0.1, 0.15) is 15.4 Å². The number of benzene rings is 5. The summed E-state index contributed by atoms with van der Waals surface area (Å²) in [6.45, 7) is -0.662. The minimum atomic E-state index is -2.34. The van der Waals surface area contributed by atoms with E-state index >= 15 is 0 Å². The lowest BCUT2D eigenvalue weighted by Crippen LogP contribution is -1.97. The van der Waals surface area contributed by atoms with E-state index in [0.29, 0.717) is 40.1 Å². The lowest BCUT2D eigenvalue weighted by molar-refractivity contribution is 0.461. The maximum Gasteiger partial charge on any atom is 0.159 e. The highest BCUT2D eigenvalue weighted by atomic mass is 16.5. The first-order valence-corrected chi connectivity index (χ1v) is 17.5. The smallest absolute Gasteiger partial charge is 0.159 e. The van der Waals surface area contributed by atoms with Crippen LogP contribution in [-0.4, -0.2) is 29.1 Å². The number of ether oxygens (including phenoxy) is 2. The standard InChI is InChI=1S/C46H32N6O2/c1-29-28-49-46(50-30(29)2)31-23-34(53-32-17-19-38-36-11-3-5-13-40(36)51(42(38)26-32)44-15-7-9-21-47-44)25-35(24-31)54-33-18-20-39-37-12-4-6-14-41(37)52(43(39)27-33)45-16-8-10-22-48-45/h3-28H,1-2H3/i1D3. The maximum absolute atomic E-state index is 7.93. The predicted octanol–water partition coefficient (Wildman–Crippen LogP) is 11.3. The molecule has 5 heterocycles. The summed E-state index contributed by atoms with van der Waals surface area (Å²) < 4.78 is 41.3. The molecule has 0 radical (unpaired) electrons. The highest BCUT2D eigenvalue weighted by molar-refractivity contribution is 6.10. The van der Waals surface area contributed by atoms with E-state index in [2.05, 4.69) is 65.5 Å². The van der Waals surface area contributed by atoms with Gasteiger partial charge in [-0.15, -0.1) is 0 Å². The van der Waals surface area contributed by atoms with Crippen molar-refractivity contribution in [2.75, 3.05) is 0 Å². The number of aromatic nitrogens is 6. The van der Waals surface area contributed by atoms with Crippen molar-refractivity contribution >= 4 is 43.6 Å². The molecular formula is C46H32N6O2. The number of nitrogens with zero attached hydrogens (tertiary/aromatic N) is 6. The van der Waals surface area contributed by atoms with Gasteiger partial charge >= 0.3 is 0 Å². The Balaban J connectivity index is 1.09. The van der Waals surface area contributed by atoms with Crippen LogP contribution in [0.3, 0.4) is 0 Å². The fourth-order valence-corrected chi connectivity index (χ4v) is 7.19. The van der Waals surface area contributed by atoms with Crippen molar-refractivity contribution in [2.24, 2.45) is 0 Å². The van der Waals surface area contributed by atoms with Gasteiger partial charge in [0.2, 0.25) is 0 Å². The Morgan fingerprint density at radius 3 is 1.52 bits per heavy atom. The first-order chi connectivity index (χ1) is 27.8. The summed E-state index contributed by atoms with van der Waals surface area (Å²) in [6, 6.07) is 45.7. The molecule has 5 aromatic carbocycles. The molecule has 0 fully saturated rings. The van der Waals surface area contributed by atoms with Gasteiger partial charge in [0.15, 0.2) is 5.82 Å². The van der Waals surface area contributed by atoms with Crippen LogP contribution in [0.25, 0.3) is 66.6 Å². The molecule has 0 atom stereocenters. The van der Waals surface area contributed by atoms with Gasteiger partial charge < -0.3 is 9.47 Å². The van der Waals surface area contributed by atoms with Gasteiger partial charge in [-0.1, -0.05) is 48.5 Å². The Morgan fingerprint density at radius 2 is 1.02 bits per heavy atom. The molecule has 0 amide bonds. The molecule has 0 bridgehead atoms. The molecule has 0 aliphatic rings. The van der Waals surface area contributed by atoms with Crippen LogP contribution in [-0.2, 0) is 0 Å². The van der Waals surface area contributed by atoms with Gasteiger partial charge in [0.1, 0.15) is 34.6 Å². The zero-order chi connectivity index (χ0) is 38.7. The fourth-order valence-electron chi connectivity index (χ4n) is 7.19. The van der Waals surface area contributed by atoms with E-state index in [4.69, 9.17) is 13.6 Å². The van der Waals surface area contributed by atoms with Gasteiger partial charge in [-0.2, -0.15) is 0 Å². The van der Waals surface area contributed by atoms with Crippen molar-refractivity contribution in [2.45, 2.75) is 13.8 Å². The number of hydrogen-bond donors (Lipinski definition) is 0. The number of fused-ring (bicyclic) bond motifs is 6.